The molecule has 0 atom stereocenters. The third kappa shape index (κ3) is 5.17. The fourth-order valence-corrected chi connectivity index (χ4v) is 2.32. The summed E-state index contributed by atoms with van der Waals surface area (Å²) in [5.74, 6) is -1.17. The number of oxime groups is 1. The molecule has 0 bridgehead atoms. The lowest BCUT2D eigenvalue weighted by Crippen LogP contribution is -2.12. The summed E-state index contributed by atoms with van der Waals surface area (Å²) < 4.78 is 0. The Labute approximate surface area is 145 Å². The standard InChI is InChI=1S/C19H20N2O4/c1-2-13-3-5-15(6-4-13)19(24)20-16-9-7-14(8-10-16)17(21-25)11-12-18(22)23/h3-10,25H,2,11-12H2,1H3,(H,20,24)(H,22,23)/b21-17+. The normalized spacial score (nSPS) is 11.2. The van der Waals surface area contributed by atoms with Crippen LogP contribution < -0.4 is 5.32 Å². The molecule has 2 rings (SSSR count). The number of benzene rings is 2. The molecule has 0 radical (unpaired) electrons. The first kappa shape index (κ1) is 18.2. The quantitative estimate of drug-likeness (QED) is 0.408. The fourth-order valence-electron chi connectivity index (χ4n) is 2.32. The van der Waals surface area contributed by atoms with Gasteiger partial charge in [-0.15, -0.1) is 0 Å². The van der Waals surface area contributed by atoms with Crippen LogP contribution in [0.4, 0.5) is 5.69 Å². The maximum atomic E-state index is 12.2. The molecule has 130 valence electrons. The summed E-state index contributed by atoms with van der Waals surface area (Å²) >= 11 is 0. The van der Waals surface area contributed by atoms with Crippen molar-refractivity contribution in [3.8, 4) is 0 Å². The SMILES string of the molecule is CCc1ccc(C(=O)Nc2ccc(/C(CCC(=O)O)=N/O)cc2)cc1. The van der Waals surface area contributed by atoms with Gasteiger partial charge in [-0.3, -0.25) is 9.59 Å². The minimum Gasteiger partial charge on any atom is -0.481 e. The lowest BCUT2D eigenvalue weighted by molar-refractivity contribution is -0.136. The molecule has 0 unspecified atom stereocenters. The number of carboxylic acid groups (broad SMARTS) is 1. The molecule has 0 aliphatic carbocycles. The largest absolute Gasteiger partial charge is 0.481 e. The van der Waals surface area contributed by atoms with Crippen LogP contribution in [0.1, 0.15) is 41.3 Å². The number of carbonyl (C=O) groups is 2. The molecule has 0 spiro atoms. The van der Waals surface area contributed by atoms with Crippen molar-refractivity contribution < 1.29 is 19.9 Å². The second-order valence-electron chi connectivity index (χ2n) is 5.52. The molecule has 0 heterocycles. The zero-order valence-corrected chi connectivity index (χ0v) is 13.9. The summed E-state index contributed by atoms with van der Waals surface area (Å²) in [6, 6.07) is 14.1. The Balaban J connectivity index is 2.03. The Morgan fingerprint density at radius 3 is 2.08 bits per heavy atom. The van der Waals surface area contributed by atoms with Crippen molar-refractivity contribution >= 4 is 23.3 Å². The number of nitrogens with one attached hydrogen (secondary N) is 1. The summed E-state index contributed by atoms with van der Waals surface area (Å²) in [7, 11) is 0. The zero-order valence-electron chi connectivity index (χ0n) is 13.9. The van der Waals surface area contributed by atoms with Gasteiger partial charge < -0.3 is 15.6 Å². The van der Waals surface area contributed by atoms with Crippen molar-refractivity contribution in [2.24, 2.45) is 5.16 Å². The summed E-state index contributed by atoms with van der Waals surface area (Å²) in [4.78, 5) is 22.8. The lowest BCUT2D eigenvalue weighted by atomic mass is 10.1. The molecule has 2 aromatic carbocycles. The highest BCUT2D eigenvalue weighted by Crippen LogP contribution is 2.14. The van der Waals surface area contributed by atoms with Gasteiger partial charge in [-0.25, -0.2) is 0 Å². The second kappa shape index (κ2) is 8.63. The minimum atomic E-state index is -0.959. The average Bonchev–Trinajstić information content (AvgIpc) is 2.63. The predicted octanol–water partition coefficient (Wildman–Crippen LogP) is 3.54. The highest BCUT2D eigenvalue weighted by atomic mass is 16.4. The van der Waals surface area contributed by atoms with E-state index in [9.17, 15) is 9.59 Å². The topological polar surface area (TPSA) is 99.0 Å². The van der Waals surface area contributed by atoms with Gasteiger partial charge in [0.25, 0.3) is 5.91 Å². The molecule has 0 aromatic heterocycles. The molecule has 0 saturated carbocycles. The van der Waals surface area contributed by atoms with Crippen molar-refractivity contribution in [2.45, 2.75) is 26.2 Å². The molecule has 3 N–H and O–H groups in total. The molecular weight excluding hydrogens is 320 g/mol. The molecule has 2 aromatic rings. The average molecular weight is 340 g/mol. The highest BCUT2D eigenvalue weighted by Gasteiger charge is 2.09. The molecule has 1 amide bonds. The van der Waals surface area contributed by atoms with E-state index < -0.39 is 5.97 Å². The van der Waals surface area contributed by atoms with Gasteiger partial charge in [0, 0.05) is 17.7 Å². The summed E-state index contributed by atoms with van der Waals surface area (Å²) in [6.45, 7) is 2.05. The first-order chi connectivity index (χ1) is 12.0. The molecular formula is C19H20N2O4. The predicted molar refractivity (Wildman–Crippen MR) is 95.4 cm³/mol. The van der Waals surface area contributed by atoms with Crippen molar-refractivity contribution in [1.82, 2.24) is 0 Å². The van der Waals surface area contributed by atoms with Crippen LogP contribution in [0.15, 0.2) is 53.7 Å². The molecule has 6 nitrogen and oxygen atoms in total. The Kier molecular flexibility index (Phi) is 6.28. The molecule has 25 heavy (non-hydrogen) atoms. The Morgan fingerprint density at radius 1 is 0.960 bits per heavy atom. The van der Waals surface area contributed by atoms with Gasteiger partial charge in [0.2, 0.25) is 0 Å². The van der Waals surface area contributed by atoms with E-state index in [1.165, 1.54) is 0 Å². The maximum Gasteiger partial charge on any atom is 0.303 e. The molecule has 0 fully saturated rings. The van der Waals surface area contributed by atoms with E-state index in [1.807, 2.05) is 12.1 Å². The van der Waals surface area contributed by atoms with Gasteiger partial charge in [-0.2, -0.15) is 0 Å². The van der Waals surface area contributed by atoms with Crippen LogP contribution >= 0.6 is 0 Å². The highest BCUT2D eigenvalue weighted by molar-refractivity contribution is 6.05. The van der Waals surface area contributed by atoms with Crippen LogP contribution in [-0.4, -0.2) is 27.9 Å². The Morgan fingerprint density at radius 2 is 1.56 bits per heavy atom. The summed E-state index contributed by atoms with van der Waals surface area (Å²) in [5, 5.41) is 23.7. The fraction of sp³-hybridized carbons (Fsp3) is 0.211. The van der Waals surface area contributed by atoms with Crippen molar-refractivity contribution in [1.29, 1.82) is 0 Å². The third-order valence-corrected chi connectivity index (χ3v) is 3.80. The van der Waals surface area contributed by atoms with E-state index in [-0.39, 0.29) is 24.5 Å². The van der Waals surface area contributed by atoms with Crippen LogP contribution in [0.5, 0.6) is 0 Å². The monoisotopic (exact) mass is 340 g/mol. The van der Waals surface area contributed by atoms with Gasteiger partial charge in [0.15, 0.2) is 0 Å². The Hall–Kier alpha value is -3.15. The number of hydrogen-bond acceptors (Lipinski definition) is 4. The van der Waals surface area contributed by atoms with Crippen LogP contribution in [0, 0.1) is 0 Å². The molecule has 0 saturated heterocycles. The first-order valence-corrected chi connectivity index (χ1v) is 7.97. The zero-order chi connectivity index (χ0) is 18.2. The van der Waals surface area contributed by atoms with Crippen molar-refractivity contribution in [2.75, 3.05) is 5.32 Å². The number of carboxylic acids is 1. The first-order valence-electron chi connectivity index (χ1n) is 7.97. The molecule has 0 aliphatic rings. The van der Waals surface area contributed by atoms with Gasteiger partial charge in [-0.05, 0) is 41.8 Å². The van der Waals surface area contributed by atoms with E-state index in [0.29, 0.717) is 16.8 Å². The van der Waals surface area contributed by atoms with Gasteiger partial charge >= 0.3 is 5.97 Å². The lowest BCUT2D eigenvalue weighted by Gasteiger charge is -2.08. The summed E-state index contributed by atoms with van der Waals surface area (Å²) in [6.07, 6.45) is 0.924. The van der Waals surface area contributed by atoms with Crippen LogP contribution in [-0.2, 0) is 11.2 Å². The molecule has 6 heteroatoms. The Bertz CT molecular complexity index is 765. The summed E-state index contributed by atoms with van der Waals surface area (Å²) in [5.41, 5.74) is 3.23. The third-order valence-electron chi connectivity index (χ3n) is 3.80. The maximum absolute atomic E-state index is 12.2. The smallest absolute Gasteiger partial charge is 0.303 e. The van der Waals surface area contributed by atoms with E-state index in [1.54, 1.807) is 36.4 Å². The number of aliphatic carboxylic acids is 1. The number of anilines is 1. The minimum absolute atomic E-state index is 0.119. The van der Waals surface area contributed by atoms with Crippen molar-refractivity contribution in [3.05, 3.63) is 65.2 Å². The number of amides is 1. The number of nitrogens with zero attached hydrogens (tertiary/aromatic N) is 1. The van der Waals surface area contributed by atoms with Crippen LogP contribution in [0.2, 0.25) is 0 Å². The number of carbonyl (C=O) groups excluding carboxylic acids is 1. The van der Waals surface area contributed by atoms with E-state index in [4.69, 9.17) is 10.3 Å². The van der Waals surface area contributed by atoms with Crippen LogP contribution in [0.3, 0.4) is 0 Å². The number of rotatable bonds is 7. The van der Waals surface area contributed by atoms with E-state index >= 15 is 0 Å². The van der Waals surface area contributed by atoms with Crippen LogP contribution in [0.25, 0.3) is 0 Å². The molecule has 0 aliphatic heterocycles. The van der Waals surface area contributed by atoms with Gasteiger partial charge in [-0.1, -0.05) is 36.3 Å². The number of aryl methyl sites for hydroxylation is 1. The number of hydrogen-bond donors (Lipinski definition) is 3. The van der Waals surface area contributed by atoms with Gasteiger partial charge in [0.1, 0.15) is 0 Å². The van der Waals surface area contributed by atoms with Gasteiger partial charge in [0.05, 0.1) is 12.1 Å². The van der Waals surface area contributed by atoms with E-state index in [0.717, 1.165) is 12.0 Å². The second-order valence-corrected chi connectivity index (χ2v) is 5.52. The van der Waals surface area contributed by atoms with Crippen molar-refractivity contribution in [3.63, 3.8) is 0 Å². The van der Waals surface area contributed by atoms with E-state index in [2.05, 4.69) is 17.4 Å².